The summed E-state index contributed by atoms with van der Waals surface area (Å²) in [6.45, 7) is 0.781. The Hall–Kier alpha value is -5.18. The zero-order valence-electron chi connectivity index (χ0n) is 20.6. The van der Waals surface area contributed by atoms with E-state index in [-0.39, 0.29) is 11.3 Å². The molecule has 1 N–H and O–H groups in total. The molecule has 0 aliphatic carbocycles. The van der Waals surface area contributed by atoms with E-state index in [0.29, 0.717) is 30.5 Å². The second-order valence-electron chi connectivity index (χ2n) is 8.12. The number of hydrogen-bond acceptors (Lipinski definition) is 7. The molecule has 0 aromatic heterocycles. The summed E-state index contributed by atoms with van der Waals surface area (Å²) in [5, 5.41) is 14.8. The molecule has 0 radical (unpaired) electrons. The van der Waals surface area contributed by atoms with Crippen molar-refractivity contribution in [2.24, 2.45) is 5.10 Å². The van der Waals surface area contributed by atoms with E-state index in [1.807, 2.05) is 48.5 Å². The smallest absolute Gasteiger partial charge is 0.271 e. The fourth-order valence-corrected chi connectivity index (χ4v) is 3.46. The van der Waals surface area contributed by atoms with E-state index < -0.39 is 10.8 Å². The third-order valence-corrected chi connectivity index (χ3v) is 5.45. The van der Waals surface area contributed by atoms with E-state index >= 15 is 0 Å². The summed E-state index contributed by atoms with van der Waals surface area (Å²) in [5.41, 5.74) is 5.07. The van der Waals surface area contributed by atoms with Crippen LogP contribution in [0.3, 0.4) is 0 Å². The average molecular weight is 512 g/mol. The highest BCUT2D eigenvalue weighted by molar-refractivity contribution is 5.95. The van der Waals surface area contributed by atoms with Crippen molar-refractivity contribution in [3.8, 4) is 17.2 Å². The normalized spacial score (nSPS) is 10.7. The maximum Gasteiger partial charge on any atom is 0.271 e. The Morgan fingerprint density at radius 3 is 2.37 bits per heavy atom. The van der Waals surface area contributed by atoms with Crippen molar-refractivity contribution in [2.45, 2.75) is 13.2 Å². The van der Waals surface area contributed by atoms with Crippen LogP contribution < -0.4 is 19.6 Å². The molecular weight excluding hydrogens is 486 g/mol. The molecule has 192 valence electrons. The maximum atomic E-state index is 12.2. The number of hydrogen-bond donors (Lipinski definition) is 1. The molecule has 0 unspecified atom stereocenters. The molecule has 0 atom stereocenters. The number of non-ortho nitro benzene ring substituents is 1. The van der Waals surface area contributed by atoms with Gasteiger partial charge in [-0.15, -0.1) is 0 Å². The van der Waals surface area contributed by atoms with Crippen molar-refractivity contribution >= 4 is 17.8 Å². The van der Waals surface area contributed by atoms with Crippen LogP contribution in [0.2, 0.25) is 0 Å². The minimum absolute atomic E-state index is 0.146. The van der Waals surface area contributed by atoms with Crippen molar-refractivity contribution < 1.29 is 23.9 Å². The number of ether oxygens (including phenoxy) is 3. The monoisotopic (exact) mass is 511 g/mol. The predicted molar refractivity (Wildman–Crippen MR) is 143 cm³/mol. The van der Waals surface area contributed by atoms with E-state index in [1.54, 1.807) is 31.4 Å². The number of nitrogens with zero attached hydrogens (tertiary/aromatic N) is 2. The van der Waals surface area contributed by atoms with E-state index in [4.69, 9.17) is 14.2 Å². The molecular formula is C29H25N3O6. The van der Waals surface area contributed by atoms with Crippen molar-refractivity contribution in [1.29, 1.82) is 0 Å². The summed E-state index contributed by atoms with van der Waals surface area (Å²) >= 11 is 0. The van der Waals surface area contributed by atoms with Gasteiger partial charge < -0.3 is 14.2 Å². The Bertz CT molecular complexity index is 1420. The van der Waals surface area contributed by atoms with Gasteiger partial charge in [0, 0.05) is 17.7 Å². The van der Waals surface area contributed by atoms with Crippen LogP contribution in [0.4, 0.5) is 5.69 Å². The highest BCUT2D eigenvalue weighted by Crippen LogP contribution is 2.29. The molecule has 9 nitrogen and oxygen atoms in total. The van der Waals surface area contributed by atoms with E-state index in [9.17, 15) is 14.9 Å². The summed E-state index contributed by atoms with van der Waals surface area (Å²) in [4.78, 5) is 22.5. The number of hydrazone groups is 1. The van der Waals surface area contributed by atoms with Gasteiger partial charge in [-0.3, -0.25) is 14.9 Å². The minimum Gasteiger partial charge on any atom is -0.493 e. The van der Waals surface area contributed by atoms with Crippen LogP contribution in [-0.4, -0.2) is 24.2 Å². The van der Waals surface area contributed by atoms with Crippen LogP contribution in [0.25, 0.3) is 0 Å². The number of nitro benzene ring substituents is 1. The summed E-state index contributed by atoms with van der Waals surface area (Å²) in [6, 6.07) is 28.2. The van der Waals surface area contributed by atoms with Gasteiger partial charge in [-0.25, -0.2) is 5.43 Å². The van der Waals surface area contributed by atoms with Gasteiger partial charge in [-0.1, -0.05) is 42.5 Å². The first-order valence-corrected chi connectivity index (χ1v) is 11.7. The van der Waals surface area contributed by atoms with Crippen molar-refractivity contribution in [3.05, 3.63) is 129 Å². The summed E-state index contributed by atoms with van der Waals surface area (Å²) < 4.78 is 17.3. The Morgan fingerprint density at radius 1 is 0.868 bits per heavy atom. The number of methoxy groups -OCH3 is 1. The van der Waals surface area contributed by atoms with E-state index in [0.717, 1.165) is 16.7 Å². The van der Waals surface area contributed by atoms with Crippen LogP contribution in [0.1, 0.15) is 27.0 Å². The molecule has 0 fully saturated rings. The van der Waals surface area contributed by atoms with Crippen molar-refractivity contribution in [1.82, 2.24) is 5.43 Å². The van der Waals surface area contributed by atoms with E-state index in [1.165, 1.54) is 30.5 Å². The lowest BCUT2D eigenvalue weighted by atomic mass is 10.2. The molecule has 1 amide bonds. The molecule has 38 heavy (non-hydrogen) atoms. The molecule has 0 aliphatic heterocycles. The summed E-state index contributed by atoms with van der Waals surface area (Å²) in [5.74, 6) is 1.39. The Kier molecular flexibility index (Phi) is 8.64. The highest BCUT2D eigenvalue weighted by Gasteiger charge is 2.11. The third kappa shape index (κ3) is 7.17. The fraction of sp³-hybridized carbons (Fsp3) is 0.103. The first-order valence-electron chi connectivity index (χ1n) is 11.7. The Balaban J connectivity index is 1.28. The average Bonchev–Trinajstić information content (AvgIpc) is 2.96. The number of nitro groups is 1. The number of carbonyl (C=O) groups excluding carboxylic acids is 1. The molecule has 0 bridgehead atoms. The molecule has 4 aromatic carbocycles. The number of nitrogens with one attached hydrogen (secondary N) is 1. The van der Waals surface area contributed by atoms with Gasteiger partial charge in [-0.2, -0.15) is 5.10 Å². The van der Waals surface area contributed by atoms with Gasteiger partial charge in [-0.05, 0) is 59.2 Å². The largest absolute Gasteiger partial charge is 0.493 e. The van der Waals surface area contributed by atoms with Crippen LogP contribution in [0, 0.1) is 10.1 Å². The van der Waals surface area contributed by atoms with Crippen LogP contribution in [-0.2, 0) is 13.2 Å². The highest BCUT2D eigenvalue weighted by atomic mass is 16.6. The van der Waals surface area contributed by atoms with Gasteiger partial charge >= 0.3 is 0 Å². The minimum atomic E-state index is -0.559. The quantitative estimate of drug-likeness (QED) is 0.161. The maximum absolute atomic E-state index is 12.2. The van der Waals surface area contributed by atoms with Crippen LogP contribution in [0.5, 0.6) is 17.2 Å². The first-order chi connectivity index (χ1) is 18.5. The molecule has 0 aliphatic rings. The number of rotatable bonds is 11. The molecule has 0 heterocycles. The van der Waals surface area contributed by atoms with Crippen molar-refractivity contribution in [2.75, 3.05) is 7.11 Å². The standard InChI is InChI=1S/C29H25N3O6/c1-36-28-16-23(12-15-27(28)38-19-22-6-3-2-4-7-22)20-37-26-13-10-21(11-14-26)18-30-31-29(33)24-8-5-9-25(17-24)32(34)35/h2-18H,19-20H2,1H3,(H,31,33)/b30-18+. The molecule has 0 spiro atoms. The molecule has 9 heteroatoms. The first kappa shape index (κ1) is 25.9. The molecule has 0 saturated heterocycles. The molecule has 4 rings (SSSR count). The Labute approximate surface area is 219 Å². The van der Waals surface area contributed by atoms with Gasteiger partial charge in [0.1, 0.15) is 19.0 Å². The zero-order valence-corrected chi connectivity index (χ0v) is 20.6. The van der Waals surface area contributed by atoms with Crippen molar-refractivity contribution in [3.63, 3.8) is 0 Å². The van der Waals surface area contributed by atoms with Crippen LogP contribution in [0.15, 0.2) is 102 Å². The summed E-state index contributed by atoms with van der Waals surface area (Å²) in [6.07, 6.45) is 1.47. The SMILES string of the molecule is COc1cc(COc2ccc(/C=N/NC(=O)c3cccc([N+](=O)[O-])c3)cc2)ccc1OCc1ccccc1. The zero-order chi connectivity index (χ0) is 26.7. The van der Waals surface area contributed by atoms with Gasteiger partial charge in [0.25, 0.3) is 11.6 Å². The molecule has 4 aromatic rings. The topological polar surface area (TPSA) is 112 Å². The van der Waals surface area contributed by atoms with E-state index in [2.05, 4.69) is 10.5 Å². The lowest BCUT2D eigenvalue weighted by Crippen LogP contribution is -2.17. The van der Waals surface area contributed by atoms with Gasteiger partial charge in [0.15, 0.2) is 11.5 Å². The Morgan fingerprint density at radius 2 is 1.63 bits per heavy atom. The second kappa shape index (κ2) is 12.7. The second-order valence-corrected chi connectivity index (χ2v) is 8.12. The van der Waals surface area contributed by atoms with Gasteiger partial charge in [0.2, 0.25) is 0 Å². The predicted octanol–water partition coefficient (Wildman–Crippen LogP) is 5.53. The van der Waals surface area contributed by atoms with Gasteiger partial charge in [0.05, 0.1) is 18.2 Å². The summed E-state index contributed by atoms with van der Waals surface area (Å²) in [7, 11) is 1.60. The number of carbonyl (C=O) groups is 1. The molecule has 0 saturated carbocycles. The number of amides is 1. The third-order valence-electron chi connectivity index (χ3n) is 5.45. The lowest BCUT2D eigenvalue weighted by molar-refractivity contribution is -0.384. The fourth-order valence-electron chi connectivity index (χ4n) is 3.46. The lowest BCUT2D eigenvalue weighted by Gasteiger charge is -2.13. The number of benzene rings is 4. The van der Waals surface area contributed by atoms with Crippen LogP contribution >= 0.6 is 0 Å².